The minimum Gasteiger partial charge on any atom is -0.285 e. The average molecular weight is 212 g/mol. The molecule has 14 heavy (non-hydrogen) atoms. The molecule has 0 fully saturated rings. The molecule has 0 aliphatic rings. The van der Waals surface area contributed by atoms with Gasteiger partial charge in [0.25, 0.3) is 10.1 Å². The molecule has 4 nitrogen and oxygen atoms in total. The van der Waals surface area contributed by atoms with Gasteiger partial charge in [0.2, 0.25) is 0 Å². The second-order valence-electron chi connectivity index (χ2n) is 2.73. The summed E-state index contributed by atoms with van der Waals surface area (Å²) in [5.41, 5.74) is 1.11. The zero-order valence-electron chi connectivity index (χ0n) is 7.17. The number of hydrogen-bond acceptors (Lipinski definition) is 3. The third kappa shape index (κ3) is 3.53. The molecule has 0 bridgehead atoms. The summed E-state index contributed by atoms with van der Waals surface area (Å²) in [6.07, 6.45) is 1.23. The maximum Gasteiger partial charge on any atom is 0.269 e. The Morgan fingerprint density at radius 1 is 1.29 bits per heavy atom. The third-order valence-electron chi connectivity index (χ3n) is 1.55. The minimum absolute atomic E-state index is 0.419. The molecule has 0 saturated carbocycles. The van der Waals surface area contributed by atoms with Crippen LogP contribution in [-0.2, 0) is 20.7 Å². The van der Waals surface area contributed by atoms with E-state index < -0.39 is 15.9 Å². The van der Waals surface area contributed by atoms with Crippen molar-refractivity contribution in [1.82, 2.24) is 0 Å². The molecule has 0 aliphatic heterocycles. The summed E-state index contributed by atoms with van der Waals surface area (Å²) in [7, 11) is -3.99. The molecule has 0 aromatic heterocycles. The first kappa shape index (κ1) is 10.7. The lowest BCUT2D eigenvalue weighted by molar-refractivity contribution is 0.482. The van der Waals surface area contributed by atoms with Gasteiger partial charge >= 0.3 is 0 Å². The lowest BCUT2D eigenvalue weighted by atomic mass is 10.1. The highest BCUT2D eigenvalue weighted by atomic mass is 32.2. The van der Waals surface area contributed by atoms with Crippen LogP contribution in [0.4, 0.5) is 0 Å². The smallest absolute Gasteiger partial charge is 0.269 e. The van der Waals surface area contributed by atoms with Crippen molar-refractivity contribution in [3.63, 3.8) is 0 Å². The van der Waals surface area contributed by atoms with Gasteiger partial charge in [-0.15, -0.1) is 0 Å². The number of carbonyl (C=O) groups excluding carboxylic acids is 1. The normalized spacial score (nSPS) is 10.6. The number of rotatable bonds is 3. The van der Waals surface area contributed by atoms with Crippen molar-refractivity contribution in [2.75, 3.05) is 0 Å². The van der Waals surface area contributed by atoms with Gasteiger partial charge in [-0.25, -0.2) is 4.79 Å². The molecule has 0 amide bonds. The Morgan fingerprint density at radius 2 is 1.86 bits per heavy atom. The van der Waals surface area contributed by atoms with E-state index in [4.69, 9.17) is 4.55 Å². The lowest BCUT2D eigenvalue weighted by Gasteiger charge is -1.98. The van der Waals surface area contributed by atoms with Crippen molar-refractivity contribution in [2.45, 2.75) is 5.75 Å². The Labute approximate surface area is 81.6 Å². The van der Waals surface area contributed by atoms with Crippen LogP contribution in [0.5, 0.6) is 0 Å². The maximum atomic E-state index is 10.5. The Bertz CT molecular complexity index is 452. The summed E-state index contributed by atoms with van der Waals surface area (Å²) in [4.78, 5) is 9.97. The molecule has 0 spiro atoms. The largest absolute Gasteiger partial charge is 0.285 e. The van der Waals surface area contributed by atoms with E-state index in [0.717, 1.165) is 0 Å². The van der Waals surface area contributed by atoms with Crippen LogP contribution in [0.3, 0.4) is 0 Å². The van der Waals surface area contributed by atoms with Gasteiger partial charge in [0.05, 0.1) is 0 Å². The van der Waals surface area contributed by atoms with Crippen LogP contribution in [-0.4, -0.2) is 18.9 Å². The molecule has 0 unspecified atom stereocenters. The van der Waals surface area contributed by atoms with Crippen LogP contribution in [0.15, 0.2) is 24.3 Å². The fourth-order valence-corrected chi connectivity index (χ4v) is 1.60. The summed E-state index contributed by atoms with van der Waals surface area (Å²) in [6.45, 7) is 0. The molecule has 74 valence electrons. The standard InChI is InChI=1S/C9H8O4S/c10-6-5-8-1-3-9(4-2-8)7-14(11,12)13/h1-5H,7H2,(H,11,12,13). The quantitative estimate of drug-likeness (QED) is 0.597. The molecule has 0 saturated heterocycles. The first-order chi connectivity index (χ1) is 6.51. The molecule has 0 radical (unpaired) electrons. The van der Waals surface area contributed by atoms with E-state index in [1.807, 2.05) is 0 Å². The molecule has 1 aromatic carbocycles. The summed E-state index contributed by atoms with van der Waals surface area (Å²) >= 11 is 0. The molecule has 0 aliphatic carbocycles. The van der Waals surface area contributed by atoms with E-state index >= 15 is 0 Å². The Morgan fingerprint density at radius 3 is 2.29 bits per heavy atom. The van der Waals surface area contributed by atoms with E-state index in [0.29, 0.717) is 11.1 Å². The molecule has 1 N–H and O–H groups in total. The zero-order valence-corrected chi connectivity index (χ0v) is 7.99. The fraction of sp³-hybridized carbons (Fsp3) is 0.111. The van der Waals surface area contributed by atoms with Gasteiger partial charge < -0.3 is 0 Å². The zero-order chi connectivity index (χ0) is 10.6. The monoisotopic (exact) mass is 212 g/mol. The third-order valence-corrected chi connectivity index (χ3v) is 2.25. The number of benzene rings is 1. The van der Waals surface area contributed by atoms with E-state index in [1.54, 1.807) is 18.1 Å². The van der Waals surface area contributed by atoms with Crippen LogP contribution >= 0.6 is 0 Å². The molecule has 1 rings (SSSR count). The van der Waals surface area contributed by atoms with Crippen molar-refractivity contribution in [3.05, 3.63) is 35.4 Å². The second-order valence-corrected chi connectivity index (χ2v) is 4.18. The van der Waals surface area contributed by atoms with Gasteiger partial charge in [-0.05, 0) is 11.1 Å². The van der Waals surface area contributed by atoms with Crippen LogP contribution < -0.4 is 0 Å². The highest BCUT2D eigenvalue weighted by molar-refractivity contribution is 7.85. The Hall–Kier alpha value is -1.42. The predicted molar refractivity (Wildman–Crippen MR) is 51.9 cm³/mol. The van der Waals surface area contributed by atoms with Crippen molar-refractivity contribution in [1.29, 1.82) is 0 Å². The fourth-order valence-electron chi connectivity index (χ4n) is 0.989. The van der Waals surface area contributed by atoms with Gasteiger partial charge in [-0.2, -0.15) is 8.42 Å². The summed E-state index contributed by atoms with van der Waals surface area (Å²) in [5.74, 6) is 1.19. The first-order valence-electron chi connectivity index (χ1n) is 3.76. The average Bonchev–Trinajstić information content (AvgIpc) is 2.06. The van der Waals surface area contributed by atoms with Gasteiger partial charge in [0, 0.05) is 6.08 Å². The maximum absolute atomic E-state index is 10.5. The highest BCUT2D eigenvalue weighted by Gasteiger charge is 2.05. The van der Waals surface area contributed by atoms with Crippen molar-refractivity contribution in [3.8, 4) is 0 Å². The highest BCUT2D eigenvalue weighted by Crippen LogP contribution is 2.07. The molecule has 1 aromatic rings. The molecule has 0 heterocycles. The molecule has 5 heteroatoms. The second kappa shape index (κ2) is 4.19. The van der Waals surface area contributed by atoms with E-state index in [-0.39, 0.29) is 0 Å². The molecule has 0 atom stereocenters. The van der Waals surface area contributed by atoms with E-state index in [9.17, 15) is 13.2 Å². The van der Waals surface area contributed by atoms with Crippen molar-refractivity contribution in [2.24, 2.45) is 0 Å². The van der Waals surface area contributed by atoms with Crippen LogP contribution in [0.1, 0.15) is 11.1 Å². The van der Waals surface area contributed by atoms with Gasteiger partial charge in [0.1, 0.15) is 11.7 Å². The predicted octanol–water partition coefficient (Wildman–Crippen LogP) is 0.919. The van der Waals surface area contributed by atoms with E-state index in [2.05, 4.69) is 0 Å². The first-order valence-corrected chi connectivity index (χ1v) is 5.37. The SMILES string of the molecule is O=C=Cc1ccc(CS(=O)(=O)O)cc1. The number of hydrogen-bond donors (Lipinski definition) is 1. The molecular weight excluding hydrogens is 204 g/mol. The van der Waals surface area contributed by atoms with Crippen LogP contribution in [0.2, 0.25) is 0 Å². The van der Waals surface area contributed by atoms with Gasteiger partial charge in [-0.1, -0.05) is 24.3 Å². The Kier molecular flexibility index (Phi) is 3.19. The summed E-state index contributed by atoms with van der Waals surface area (Å²) in [5, 5.41) is 0. The van der Waals surface area contributed by atoms with E-state index in [1.165, 1.54) is 18.2 Å². The minimum atomic E-state index is -3.99. The van der Waals surface area contributed by atoms with Gasteiger partial charge in [-0.3, -0.25) is 4.55 Å². The lowest BCUT2D eigenvalue weighted by Crippen LogP contribution is -2.01. The van der Waals surface area contributed by atoms with Crippen LogP contribution in [0.25, 0.3) is 6.08 Å². The van der Waals surface area contributed by atoms with Crippen molar-refractivity contribution < 1.29 is 17.8 Å². The topological polar surface area (TPSA) is 71.4 Å². The molecular formula is C9H8O4S. The van der Waals surface area contributed by atoms with Crippen molar-refractivity contribution >= 4 is 22.1 Å². The van der Waals surface area contributed by atoms with Crippen LogP contribution in [0, 0.1) is 0 Å². The summed E-state index contributed by atoms with van der Waals surface area (Å²) in [6, 6.07) is 6.20. The van der Waals surface area contributed by atoms with Gasteiger partial charge in [0.15, 0.2) is 0 Å². The Balaban J connectivity index is 2.89. The summed E-state index contributed by atoms with van der Waals surface area (Å²) < 4.78 is 29.5.